The smallest absolute Gasteiger partial charge is 0.329 e. The number of benzene rings is 1. The summed E-state index contributed by atoms with van der Waals surface area (Å²) in [7, 11) is 0. The van der Waals surface area contributed by atoms with Gasteiger partial charge in [-0.25, -0.2) is 4.79 Å². The Morgan fingerprint density at radius 2 is 2.05 bits per heavy atom. The van der Waals surface area contributed by atoms with E-state index in [1.165, 1.54) is 32.0 Å². The first-order chi connectivity index (χ1) is 9.23. The van der Waals surface area contributed by atoms with Crippen molar-refractivity contribution in [2.75, 3.05) is 0 Å². The molecule has 1 amide bonds. The van der Waals surface area contributed by atoms with Crippen LogP contribution >= 0.6 is 0 Å². The predicted molar refractivity (Wildman–Crippen MR) is 71.6 cm³/mol. The zero-order valence-corrected chi connectivity index (χ0v) is 11.5. The van der Waals surface area contributed by atoms with Gasteiger partial charge in [0.1, 0.15) is 5.54 Å². The van der Waals surface area contributed by atoms with Gasteiger partial charge in [0.15, 0.2) is 0 Å². The number of nitro groups is 1. The van der Waals surface area contributed by atoms with E-state index in [4.69, 9.17) is 5.11 Å². The van der Waals surface area contributed by atoms with Gasteiger partial charge in [-0.3, -0.25) is 14.9 Å². The molecule has 0 spiro atoms. The van der Waals surface area contributed by atoms with Gasteiger partial charge in [-0.1, -0.05) is 13.0 Å². The van der Waals surface area contributed by atoms with E-state index in [9.17, 15) is 19.7 Å². The number of nitrogens with one attached hydrogen (secondary N) is 1. The first kappa shape index (κ1) is 15.6. The fraction of sp³-hybridized carbons (Fsp3) is 0.385. The van der Waals surface area contributed by atoms with E-state index in [-0.39, 0.29) is 23.2 Å². The van der Waals surface area contributed by atoms with E-state index in [1.807, 2.05) is 0 Å². The van der Waals surface area contributed by atoms with E-state index >= 15 is 0 Å². The number of nitrogens with zero attached hydrogens (tertiary/aromatic N) is 1. The van der Waals surface area contributed by atoms with Gasteiger partial charge in [-0.05, 0) is 26.3 Å². The van der Waals surface area contributed by atoms with Gasteiger partial charge < -0.3 is 10.4 Å². The van der Waals surface area contributed by atoms with Crippen molar-refractivity contribution in [3.63, 3.8) is 0 Å². The molecule has 20 heavy (non-hydrogen) atoms. The number of hydrogen-bond donors (Lipinski definition) is 2. The molecule has 0 aliphatic rings. The van der Waals surface area contributed by atoms with E-state index in [2.05, 4.69) is 5.32 Å². The molecule has 7 heteroatoms. The lowest BCUT2D eigenvalue weighted by Gasteiger charge is -2.24. The number of carboxylic acid groups (broad SMARTS) is 1. The van der Waals surface area contributed by atoms with Gasteiger partial charge in [0.2, 0.25) is 0 Å². The van der Waals surface area contributed by atoms with E-state index in [1.54, 1.807) is 6.92 Å². The molecule has 0 heterocycles. The molecule has 0 aliphatic carbocycles. The van der Waals surface area contributed by atoms with Crippen LogP contribution in [0.3, 0.4) is 0 Å². The van der Waals surface area contributed by atoms with Crippen LogP contribution in [0, 0.1) is 17.0 Å². The molecule has 0 fully saturated rings. The maximum Gasteiger partial charge on any atom is 0.329 e. The zero-order valence-electron chi connectivity index (χ0n) is 11.5. The van der Waals surface area contributed by atoms with Crippen molar-refractivity contribution in [3.05, 3.63) is 39.4 Å². The van der Waals surface area contributed by atoms with Crippen LogP contribution in [0.2, 0.25) is 0 Å². The molecular weight excluding hydrogens is 264 g/mol. The number of hydrogen-bond acceptors (Lipinski definition) is 4. The molecule has 2 N–H and O–H groups in total. The van der Waals surface area contributed by atoms with Crippen molar-refractivity contribution in [2.45, 2.75) is 32.7 Å². The van der Waals surface area contributed by atoms with Crippen molar-refractivity contribution >= 4 is 17.6 Å². The van der Waals surface area contributed by atoms with E-state index in [0.29, 0.717) is 0 Å². The van der Waals surface area contributed by atoms with Crippen LogP contribution in [-0.4, -0.2) is 27.4 Å². The summed E-state index contributed by atoms with van der Waals surface area (Å²) in [6.45, 7) is 4.48. The standard InChI is InChI=1S/C13H16N2O5/c1-4-13(3,12(17)18)14-11(16)9-6-5-7-10(8(9)2)15(19)20/h5-7H,4H2,1-3H3,(H,14,16)(H,17,18). The van der Waals surface area contributed by atoms with E-state index in [0.717, 1.165) is 0 Å². The highest BCUT2D eigenvalue weighted by atomic mass is 16.6. The Morgan fingerprint density at radius 3 is 2.50 bits per heavy atom. The van der Waals surface area contributed by atoms with Crippen molar-refractivity contribution in [2.24, 2.45) is 0 Å². The summed E-state index contributed by atoms with van der Waals surface area (Å²) in [5, 5.41) is 22.3. The Morgan fingerprint density at radius 1 is 1.45 bits per heavy atom. The normalized spacial score (nSPS) is 13.3. The molecule has 0 saturated heterocycles. The monoisotopic (exact) mass is 280 g/mol. The highest BCUT2D eigenvalue weighted by Crippen LogP contribution is 2.22. The topological polar surface area (TPSA) is 110 Å². The van der Waals surface area contributed by atoms with Crippen molar-refractivity contribution in [3.8, 4) is 0 Å². The summed E-state index contributed by atoms with van der Waals surface area (Å²) < 4.78 is 0. The maximum atomic E-state index is 12.1. The lowest BCUT2D eigenvalue weighted by Crippen LogP contribution is -2.51. The van der Waals surface area contributed by atoms with Crippen LogP contribution < -0.4 is 5.32 Å². The Bertz CT molecular complexity index is 570. The molecule has 1 unspecified atom stereocenters. The molecule has 1 rings (SSSR count). The van der Waals surface area contributed by atoms with Crippen LogP contribution in [0.15, 0.2) is 18.2 Å². The summed E-state index contributed by atoms with van der Waals surface area (Å²) >= 11 is 0. The Labute approximate surface area is 115 Å². The van der Waals surface area contributed by atoms with Crippen LogP contribution in [0.1, 0.15) is 36.2 Å². The second-order valence-electron chi connectivity index (χ2n) is 4.65. The Kier molecular flexibility index (Phi) is 4.44. The second-order valence-corrected chi connectivity index (χ2v) is 4.65. The summed E-state index contributed by atoms with van der Waals surface area (Å²) in [6.07, 6.45) is 0.196. The molecule has 0 saturated carbocycles. The summed E-state index contributed by atoms with van der Waals surface area (Å²) in [5.41, 5.74) is -1.28. The fourth-order valence-corrected chi connectivity index (χ4v) is 1.68. The lowest BCUT2D eigenvalue weighted by atomic mass is 9.97. The third-order valence-electron chi connectivity index (χ3n) is 3.32. The number of carbonyl (C=O) groups is 2. The molecule has 108 valence electrons. The van der Waals surface area contributed by atoms with Gasteiger partial charge in [-0.15, -0.1) is 0 Å². The van der Waals surface area contributed by atoms with Crippen molar-refractivity contribution in [1.29, 1.82) is 0 Å². The predicted octanol–water partition coefficient (Wildman–Crippen LogP) is 1.89. The molecule has 7 nitrogen and oxygen atoms in total. The van der Waals surface area contributed by atoms with Crippen molar-refractivity contribution < 1.29 is 19.6 Å². The Hall–Kier alpha value is -2.44. The quantitative estimate of drug-likeness (QED) is 0.632. The molecule has 1 aromatic rings. The number of carbonyl (C=O) groups excluding carboxylic acids is 1. The molecule has 0 aromatic heterocycles. The van der Waals surface area contributed by atoms with Gasteiger partial charge in [-0.2, -0.15) is 0 Å². The van der Waals surface area contributed by atoms with Crippen LogP contribution in [0.5, 0.6) is 0 Å². The SMILES string of the molecule is CCC(C)(NC(=O)c1cccc([N+](=O)[O-])c1C)C(=O)O. The van der Waals surface area contributed by atoms with Gasteiger partial charge in [0.25, 0.3) is 11.6 Å². The first-order valence-corrected chi connectivity index (χ1v) is 6.03. The lowest BCUT2D eigenvalue weighted by molar-refractivity contribution is -0.385. The molecule has 0 aliphatic heterocycles. The molecule has 0 radical (unpaired) electrons. The average molecular weight is 280 g/mol. The summed E-state index contributed by atoms with van der Waals surface area (Å²) in [6, 6.07) is 4.11. The van der Waals surface area contributed by atoms with Gasteiger partial charge in [0, 0.05) is 17.2 Å². The average Bonchev–Trinajstić information content (AvgIpc) is 2.37. The molecule has 0 bridgehead atoms. The van der Waals surface area contributed by atoms with Gasteiger partial charge in [0.05, 0.1) is 4.92 Å². The largest absolute Gasteiger partial charge is 0.480 e. The minimum atomic E-state index is -1.41. The molecule has 1 atom stereocenters. The Balaban J connectivity index is 3.14. The molecule has 1 aromatic carbocycles. The maximum absolute atomic E-state index is 12.1. The first-order valence-electron chi connectivity index (χ1n) is 6.03. The van der Waals surface area contributed by atoms with Crippen LogP contribution in [-0.2, 0) is 4.79 Å². The van der Waals surface area contributed by atoms with Gasteiger partial charge >= 0.3 is 5.97 Å². The third kappa shape index (κ3) is 2.93. The third-order valence-corrected chi connectivity index (χ3v) is 3.32. The molecular formula is C13H16N2O5. The number of rotatable bonds is 5. The van der Waals surface area contributed by atoms with E-state index < -0.39 is 22.3 Å². The minimum absolute atomic E-state index is 0.0973. The van der Waals surface area contributed by atoms with Crippen LogP contribution in [0.4, 0.5) is 5.69 Å². The zero-order chi connectivity index (χ0) is 15.5. The number of amides is 1. The minimum Gasteiger partial charge on any atom is -0.480 e. The number of aliphatic carboxylic acids is 1. The highest BCUT2D eigenvalue weighted by molar-refractivity contribution is 5.99. The van der Waals surface area contributed by atoms with Crippen molar-refractivity contribution in [1.82, 2.24) is 5.32 Å². The highest BCUT2D eigenvalue weighted by Gasteiger charge is 2.33. The fourth-order valence-electron chi connectivity index (χ4n) is 1.68. The second kappa shape index (κ2) is 5.68. The van der Waals surface area contributed by atoms with Crippen LogP contribution in [0.25, 0.3) is 0 Å². The summed E-state index contributed by atoms with van der Waals surface area (Å²) in [4.78, 5) is 33.5. The summed E-state index contributed by atoms with van der Waals surface area (Å²) in [5.74, 6) is -1.80. The number of nitro benzene ring substituents is 1. The number of carboxylic acids is 1.